The van der Waals surface area contributed by atoms with E-state index in [4.69, 9.17) is 9.84 Å². The molecule has 1 fully saturated rings. The standard InChI is InChI=1S/C26H29N3O6/c30-23(27-13-16-9-10-16)14-28-25(33)22(11-12-24(31)32)29-26(34)35-15-21-19-7-3-1-5-17(19)18-6-2-4-8-20(18)21/h1-8,16,21-22H,9-15H2,(H,27,30)(H,28,33)(H,29,34)(H,31,32). The van der Waals surface area contributed by atoms with Crippen LogP contribution in [0.4, 0.5) is 4.79 Å². The van der Waals surface area contributed by atoms with Gasteiger partial charge in [0.2, 0.25) is 11.8 Å². The molecule has 2 aliphatic rings. The number of hydrogen-bond donors (Lipinski definition) is 4. The third-order valence-electron chi connectivity index (χ3n) is 6.31. The Balaban J connectivity index is 1.33. The van der Waals surface area contributed by atoms with Crippen LogP contribution < -0.4 is 16.0 Å². The number of carbonyl (C=O) groups is 4. The maximum absolute atomic E-state index is 12.6. The van der Waals surface area contributed by atoms with Crippen molar-refractivity contribution in [3.05, 3.63) is 59.7 Å². The maximum atomic E-state index is 12.6. The number of aliphatic carboxylic acids is 1. The summed E-state index contributed by atoms with van der Waals surface area (Å²) in [6.07, 6.45) is 0.905. The second kappa shape index (κ2) is 11.0. The van der Waals surface area contributed by atoms with Crippen LogP contribution in [0.1, 0.15) is 42.7 Å². The van der Waals surface area contributed by atoms with Crippen LogP contribution in [0.2, 0.25) is 0 Å². The van der Waals surface area contributed by atoms with Crippen molar-refractivity contribution in [1.82, 2.24) is 16.0 Å². The van der Waals surface area contributed by atoms with E-state index in [1.807, 2.05) is 48.5 Å². The van der Waals surface area contributed by atoms with Gasteiger partial charge in [-0.15, -0.1) is 0 Å². The average molecular weight is 480 g/mol. The summed E-state index contributed by atoms with van der Waals surface area (Å²) in [6, 6.07) is 14.7. The number of fused-ring (bicyclic) bond motifs is 3. The molecule has 1 saturated carbocycles. The van der Waals surface area contributed by atoms with Crippen molar-refractivity contribution in [2.75, 3.05) is 19.7 Å². The lowest BCUT2D eigenvalue weighted by Crippen LogP contribution is -2.49. The van der Waals surface area contributed by atoms with Crippen molar-refractivity contribution in [2.45, 2.75) is 37.6 Å². The third kappa shape index (κ3) is 6.38. The Bertz CT molecular complexity index is 1070. The number of carboxylic acids is 1. The summed E-state index contributed by atoms with van der Waals surface area (Å²) >= 11 is 0. The summed E-state index contributed by atoms with van der Waals surface area (Å²) in [6.45, 7) is 0.396. The summed E-state index contributed by atoms with van der Waals surface area (Å²) in [4.78, 5) is 48.1. The Morgan fingerprint density at radius 3 is 2.17 bits per heavy atom. The van der Waals surface area contributed by atoms with Gasteiger partial charge in [-0.1, -0.05) is 48.5 Å². The van der Waals surface area contributed by atoms with Gasteiger partial charge in [-0.3, -0.25) is 14.4 Å². The van der Waals surface area contributed by atoms with Crippen LogP contribution in [-0.2, 0) is 19.1 Å². The van der Waals surface area contributed by atoms with Crippen molar-refractivity contribution < 1.29 is 29.0 Å². The second-order valence-corrected chi connectivity index (χ2v) is 8.92. The fourth-order valence-corrected chi connectivity index (χ4v) is 4.25. The van der Waals surface area contributed by atoms with Crippen LogP contribution >= 0.6 is 0 Å². The van der Waals surface area contributed by atoms with Crippen molar-refractivity contribution in [2.24, 2.45) is 5.92 Å². The summed E-state index contributed by atoms with van der Waals surface area (Å²) < 4.78 is 5.47. The van der Waals surface area contributed by atoms with Gasteiger partial charge in [0.05, 0.1) is 6.54 Å². The molecule has 9 nitrogen and oxygen atoms in total. The number of nitrogens with one attached hydrogen (secondary N) is 3. The van der Waals surface area contributed by atoms with Crippen LogP contribution in [0, 0.1) is 5.92 Å². The van der Waals surface area contributed by atoms with E-state index >= 15 is 0 Å². The highest BCUT2D eigenvalue weighted by molar-refractivity contribution is 5.89. The molecule has 0 spiro atoms. The van der Waals surface area contributed by atoms with Gasteiger partial charge >= 0.3 is 12.1 Å². The quantitative estimate of drug-likeness (QED) is 0.391. The average Bonchev–Trinajstić information content (AvgIpc) is 3.63. The molecule has 4 rings (SSSR count). The van der Waals surface area contributed by atoms with E-state index in [9.17, 15) is 19.2 Å². The molecule has 2 aliphatic carbocycles. The van der Waals surface area contributed by atoms with E-state index in [0.717, 1.165) is 35.1 Å². The van der Waals surface area contributed by atoms with Gasteiger partial charge in [0, 0.05) is 18.9 Å². The summed E-state index contributed by atoms with van der Waals surface area (Å²) in [5, 5.41) is 16.7. The van der Waals surface area contributed by atoms with Gasteiger partial charge in [0.15, 0.2) is 0 Å². The van der Waals surface area contributed by atoms with E-state index in [2.05, 4.69) is 16.0 Å². The highest BCUT2D eigenvalue weighted by atomic mass is 16.5. The highest BCUT2D eigenvalue weighted by Crippen LogP contribution is 2.44. The number of carboxylic acid groups (broad SMARTS) is 1. The van der Waals surface area contributed by atoms with E-state index in [1.165, 1.54) is 0 Å². The van der Waals surface area contributed by atoms with Gasteiger partial charge in [-0.2, -0.15) is 0 Å². The van der Waals surface area contributed by atoms with Gasteiger partial charge in [-0.05, 0) is 47.4 Å². The smallest absolute Gasteiger partial charge is 0.407 e. The Hall–Kier alpha value is -3.88. The van der Waals surface area contributed by atoms with Crippen molar-refractivity contribution in [1.29, 1.82) is 0 Å². The lowest BCUT2D eigenvalue weighted by molar-refractivity contribution is -0.137. The SMILES string of the molecule is O=C(O)CCC(NC(=O)OCC1c2ccccc2-c2ccccc21)C(=O)NCC(=O)NCC1CC1. The number of rotatable bonds is 11. The molecular weight excluding hydrogens is 450 g/mol. The zero-order valence-corrected chi connectivity index (χ0v) is 19.3. The fourth-order valence-electron chi connectivity index (χ4n) is 4.25. The van der Waals surface area contributed by atoms with Crippen LogP contribution in [0.25, 0.3) is 11.1 Å². The predicted octanol–water partition coefficient (Wildman–Crippen LogP) is 2.40. The maximum Gasteiger partial charge on any atom is 0.407 e. The molecule has 35 heavy (non-hydrogen) atoms. The zero-order chi connectivity index (χ0) is 24.8. The first-order chi connectivity index (χ1) is 16.9. The Kier molecular flexibility index (Phi) is 7.64. The number of amides is 3. The molecule has 1 unspecified atom stereocenters. The molecule has 0 aliphatic heterocycles. The van der Waals surface area contributed by atoms with Crippen molar-refractivity contribution in [3.63, 3.8) is 0 Å². The first-order valence-electron chi connectivity index (χ1n) is 11.8. The van der Waals surface area contributed by atoms with Crippen LogP contribution in [0.5, 0.6) is 0 Å². The van der Waals surface area contributed by atoms with Crippen LogP contribution in [0.15, 0.2) is 48.5 Å². The Morgan fingerprint density at radius 1 is 0.943 bits per heavy atom. The number of alkyl carbamates (subject to hydrolysis) is 1. The Labute approximate surface area is 203 Å². The molecule has 9 heteroatoms. The third-order valence-corrected chi connectivity index (χ3v) is 6.31. The molecule has 0 radical (unpaired) electrons. The van der Waals surface area contributed by atoms with Gasteiger partial charge in [0.1, 0.15) is 12.6 Å². The largest absolute Gasteiger partial charge is 0.481 e. The molecule has 4 N–H and O–H groups in total. The predicted molar refractivity (Wildman–Crippen MR) is 128 cm³/mol. The minimum Gasteiger partial charge on any atom is -0.481 e. The minimum absolute atomic E-state index is 0.0662. The normalized spacial score (nSPS) is 14.9. The monoisotopic (exact) mass is 479 g/mol. The molecule has 0 heterocycles. The molecule has 1 atom stereocenters. The van der Waals surface area contributed by atoms with Gasteiger partial charge < -0.3 is 25.8 Å². The van der Waals surface area contributed by atoms with Gasteiger partial charge in [-0.25, -0.2) is 4.79 Å². The summed E-state index contributed by atoms with van der Waals surface area (Å²) in [5.74, 6) is -1.70. The highest BCUT2D eigenvalue weighted by Gasteiger charge is 2.30. The van der Waals surface area contributed by atoms with Crippen LogP contribution in [-0.4, -0.2) is 54.7 Å². The first-order valence-corrected chi connectivity index (χ1v) is 11.8. The second-order valence-electron chi connectivity index (χ2n) is 8.92. The lowest BCUT2D eigenvalue weighted by Gasteiger charge is -2.19. The molecule has 2 aromatic rings. The number of hydrogen-bond acceptors (Lipinski definition) is 5. The van der Waals surface area contributed by atoms with E-state index in [0.29, 0.717) is 12.5 Å². The molecule has 0 bridgehead atoms. The van der Waals surface area contributed by atoms with Crippen LogP contribution in [0.3, 0.4) is 0 Å². The Morgan fingerprint density at radius 2 is 1.57 bits per heavy atom. The fraction of sp³-hybridized carbons (Fsp3) is 0.385. The molecule has 184 valence electrons. The molecule has 0 saturated heterocycles. The first kappa shape index (κ1) is 24.3. The summed E-state index contributed by atoms with van der Waals surface area (Å²) in [5.41, 5.74) is 4.30. The zero-order valence-electron chi connectivity index (χ0n) is 19.3. The molecule has 2 aromatic carbocycles. The lowest BCUT2D eigenvalue weighted by atomic mass is 9.98. The van der Waals surface area contributed by atoms with E-state index < -0.39 is 24.0 Å². The van der Waals surface area contributed by atoms with E-state index in [-0.39, 0.29) is 37.8 Å². The topological polar surface area (TPSA) is 134 Å². The molecule has 3 amide bonds. The minimum atomic E-state index is -1.14. The van der Waals surface area contributed by atoms with Crippen molar-refractivity contribution >= 4 is 23.9 Å². The molecule has 0 aromatic heterocycles. The van der Waals surface area contributed by atoms with E-state index in [1.54, 1.807) is 0 Å². The number of carbonyl (C=O) groups excluding carboxylic acids is 3. The summed E-state index contributed by atoms with van der Waals surface area (Å²) in [7, 11) is 0. The van der Waals surface area contributed by atoms with Gasteiger partial charge in [0.25, 0.3) is 0 Å². The molecular formula is C26H29N3O6. The van der Waals surface area contributed by atoms with Crippen molar-refractivity contribution in [3.8, 4) is 11.1 Å². The number of benzene rings is 2. The number of ether oxygens (including phenoxy) is 1.